The van der Waals surface area contributed by atoms with Crippen molar-refractivity contribution in [2.45, 2.75) is 12.5 Å². The van der Waals surface area contributed by atoms with E-state index in [4.69, 9.17) is 23.8 Å². The maximum atomic E-state index is 12.6. The summed E-state index contributed by atoms with van der Waals surface area (Å²) < 4.78 is 0.879. The number of halogens is 2. The van der Waals surface area contributed by atoms with E-state index in [9.17, 15) is 14.4 Å². The number of nitrogens with zero attached hydrogens (tertiary/aromatic N) is 2. The molecule has 1 atom stereocenters. The topological polar surface area (TPSA) is 81.8 Å². The monoisotopic (exact) mass is 494 g/mol. The Hall–Kier alpha value is -2.49. The van der Waals surface area contributed by atoms with Crippen LogP contribution in [-0.2, 0) is 9.59 Å². The Labute approximate surface area is 186 Å². The quantitative estimate of drug-likeness (QED) is 0.623. The molecule has 150 valence electrons. The molecule has 1 unspecified atom stereocenters. The van der Waals surface area contributed by atoms with Gasteiger partial charge in [-0.05, 0) is 60.7 Å². The minimum Gasteiger partial charge on any atom is -0.326 e. The summed E-state index contributed by atoms with van der Waals surface area (Å²) in [6.07, 6.45) is -0.180. The summed E-state index contributed by atoms with van der Waals surface area (Å²) in [4.78, 5) is 38.8. The van der Waals surface area contributed by atoms with Crippen LogP contribution in [0.2, 0.25) is 5.02 Å². The van der Waals surface area contributed by atoms with Crippen LogP contribution in [0.5, 0.6) is 0 Å². The van der Waals surface area contributed by atoms with E-state index in [1.165, 1.54) is 17.0 Å². The number of hydrogen-bond acceptors (Lipinski definition) is 4. The third-order valence-corrected chi connectivity index (χ3v) is 5.51. The Morgan fingerprint density at radius 2 is 1.76 bits per heavy atom. The third kappa shape index (κ3) is 4.92. The van der Waals surface area contributed by atoms with Gasteiger partial charge < -0.3 is 5.32 Å². The van der Waals surface area contributed by atoms with Gasteiger partial charge in [-0.25, -0.2) is 5.01 Å². The SMILES string of the molecule is CN1C(=O)C(CC(=O)Nc2ccc(Br)cc2)N(NC(=O)c2ccc(Cl)cc2)C1=S. The molecule has 3 amide bonds. The van der Waals surface area contributed by atoms with Crippen molar-refractivity contribution >= 4 is 68.3 Å². The summed E-state index contributed by atoms with van der Waals surface area (Å²) in [6, 6.07) is 12.4. The molecule has 0 radical (unpaired) electrons. The van der Waals surface area contributed by atoms with Crippen LogP contribution in [0, 0.1) is 0 Å². The minimum atomic E-state index is -0.945. The van der Waals surface area contributed by atoms with Gasteiger partial charge in [-0.1, -0.05) is 27.5 Å². The van der Waals surface area contributed by atoms with Crippen molar-refractivity contribution in [1.82, 2.24) is 15.3 Å². The summed E-state index contributed by atoms with van der Waals surface area (Å²) in [5.41, 5.74) is 3.55. The number of likely N-dealkylation sites (N-methyl/N-ethyl adjacent to an activating group) is 1. The predicted molar refractivity (Wildman–Crippen MR) is 117 cm³/mol. The molecular formula is C19H16BrClN4O3S. The summed E-state index contributed by atoms with van der Waals surface area (Å²) in [7, 11) is 1.50. The van der Waals surface area contributed by atoms with Crippen molar-refractivity contribution in [1.29, 1.82) is 0 Å². The summed E-state index contributed by atoms with van der Waals surface area (Å²) in [6.45, 7) is 0. The number of carbonyl (C=O) groups is 3. The van der Waals surface area contributed by atoms with Crippen LogP contribution in [0.25, 0.3) is 0 Å². The van der Waals surface area contributed by atoms with E-state index in [-0.39, 0.29) is 23.3 Å². The first-order valence-electron chi connectivity index (χ1n) is 8.49. The third-order valence-electron chi connectivity index (χ3n) is 4.26. The van der Waals surface area contributed by atoms with Crippen LogP contribution in [0.1, 0.15) is 16.8 Å². The Morgan fingerprint density at radius 1 is 1.14 bits per heavy atom. The Kier molecular flexibility index (Phi) is 6.51. The minimum absolute atomic E-state index is 0.110. The number of nitrogens with one attached hydrogen (secondary N) is 2. The average Bonchev–Trinajstić information content (AvgIpc) is 2.88. The number of benzene rings is 2. The second-order valence-electron chi connectivity index (χ2n) is 6.27. The molecule has 2 aromatic carbocycles. The molecule has 29 heavy (non-hydrogen) atoms. The molecule has 1 fully saturated rings. The van der Waals surface area contributed by atoms with Crippen molar-refractivity contribution < 1.29 is 14.4 Å². The van der Waals surface area contributed by atoms with Gasteiger partial charge in [-0.3, -0.25) is 24.7 Å². The van der Waals surface area contributed by atoms with Gasteiger partial charge in [0.1, 0.15) is 6.04 Å². The molecule has 0 bridgehead atoms. The molecule has 2 N–H and O–H groups in total. The number of amides is 3. The van der Waals surface area contributed by atoms with Crippen molar-refractivity contribution in [3.05, 3.63) is 63.6 Å². The number of rotatable bonds is 5. The maximum absolute atomic E-state index is 12.6. The number of anilines is 1. The van der Waals surface area contributed by atoms with Gasteiger partial charge in [0.15, 0.2) is 5.11 Å². The van der Waals surface area contributed by atoms with Crippen LogP contribution < -0.4 is 10.7 Å². The molecule has 3 rings (SSSR count). The summed E-state index contributed by atoms with van der Waals surface area (Å²) in [5.74, 6) is -1.22. The van der Waals surface area contributed by atoms with E-state index >= 15 is 0 Å². The van der Waals surface area contributed by atoms with Gasteiger partial charge in [0.25, 0.3) is 11.8 Å². The highest BCUT2D eigenvalue weighted by Gasteiger charge is 2.42. The first-order valence-corrected chi connectivity index (χ1v) is 10.1. The van der Waals surface area contributed by atoms with E-state index in [0.29, 0.717) is 16.3 Å². The number of carbonyl (C=O) groups excluding carboxylic acids is 3. The fraction of sp³-hybridized carbons (Fsp3) is 0.158. The van der Waals surface area contributed by atoms with E-state index < -0.39 is 11.9 Å². The van der Waals surface area contributed by atoms with Crippen LogP contribution in [-0.4, -0.2) is 45.8 Å². The average molecular weight is 496 g/mol. The van der Waals surface area contributed by atoms with Gasteiger partial charge in [0.2, 0.25) is 5.91 Å². The first kappa shape index (κ1) is 21.2. The Bertz CT molecular complexity index is 968. The molecule has 10 heteroatoms. The predicted octanol–water partition coefficient (Wildman–Crippen LogP) is 3.20. The molecule has 2 aromatic rings. The van der Waals surface area contributed by atoms with Gasteiger partial charge in [-0.15, -0.1) is 0 Å². The van der Waals surface area contributed by atoms with E-state index in [1.807, 2.05) is 0 Å². The van der Waals surface area contributed by atoms with E-state index in [1.54, 1.807) is 48.5 Å². The Balaban J connectivity index is 1.72. The molecule has 0 saturated carbocycles. The standard InChI is InChI=1S/C19H16BrClN4O3S/c1-24-18(28)15(10-16(26)22-14-8-4-12(20)5-9-14)25(19(24)29)23-17(27)11-2-6-13(21)7-3-11/h2-9,15H,10H2,1H3,(H,22,26)(H,23,27). The second kappa shape index (κ2) is 8.89. The largest absolute Gasteiger partial charge is 0.326 e. The summed E-state index contributed by atoms with van der Waals surface area (Å²) >= 11 is 14.4. The van der Waals surface area contributed by atoms with Crippen molar-refractivity contribution in [2.75, 3.05) is 12.4 Å². The normalized spacial score (nSPS) is 16.2. The zero-order chi connectivity index (χ0) is 21.1. The molecule has 1 heterocycles. The lowest BCUT2D eigenvalue weighted by atomic mass is 10.2. The lowest BCUT2D eigenvalue weighted by Crippen LogP contribution is -2.49. The molecule has 1 aliphatic rings. The molecule has 0 aliphatic carbocycles. The van der Waals surface area contributed by atoms with Gasteiger partial charge in [-0.2, -0.15) is 0 Å². The second-order valence-corrected chi connectivity index (χ2v) is 7.99. The highest BCUT2D eigenvalue weighted by Crippen LogP contribution is 2.20. The molecular weight excluding hydrogens is 480 g/mol. The fourth-order valence-electron chi connectivity index (χ4n) is 2.72. The molecule has 7 nitrogen and oxygen atoms in total. The molecule has 0 spiro atoms. The van der Waals surface area contributed by atoms with Crippen molar-refractivity contribution in [2.24, 2.45) is 0 Å². The zero-order valence-electron chi connectivity index (χ0n) is 15.2. The van der Waals surface area contributed by atoms with Gasteiger partial charge >= 0.3 is 0 Å². The van der Waals surface area contributed by atoms with Crippen LogP contribution in [0.15, 0.2) is 53.0 Å². The number of hydrogen-bond donors (Lipinski definition) is 2. The maximum Gasteiger partial charge on any atom is 0.269 e. The van der Waals surface area contributed by atoms with Gasteiger partial charge in [0.05, 0.1) is 6.42 Å². The van der Waals surface area contributed by atoms with Crippen molar-refractivity contribution in [3.63, 3.8) is 0 Å². The molecule has 1 aliphatic heterocycles. The van der Waals surface area contributed by atoms with Gasteiger partial charge in [0, 0.05) is 27.8 Å². The lowest BCUT2D eigenvalue weighted by molar-refractivity contribution is -0.130. The zero-order valence-corrected chi connectivity index (χ0v) is 18.3. The highest BCUT2D eigenvalue weighted by atomic mass is 79.9. The van der Waals surface area contributed by atoms with Crippen molar-refractivity contribution in [3.8, 4) is 0 Å². The van der Waals surface area contributed by atoms with Crippen LogP contribution in [0.3, 0.4) is 0 Å². The van der Waals surface area contributed by atoms with E-state index in [0.717, 1.165) is 4.47 Å². The van der Waals surface area contributed by atoms with Crippen LogP contribution >= 0.6 is 39.7 Å². The van der Waals surface area contributed by atoms with Crippen LogP contribution in [0.4, 0.5) is 5.69 Å². The highest BCUT2D eigenvalue weighted by molar-refractivity contribution is 9.10. The first-order chi connectivity index (χ1) is 13.8. The fourth-order valence-corrected chi connectivity index (χ4v) is 3.38. The molecule has 0 aromatic heterocycles. The molecule has 1 saturated heterocycles. The Morgan fingerprint density at radius 3 is 2.38 bits per heavy atom. The number of thiocarbonyl (C=S) groups is 1. The smallest absolute Gasteiger partial charge is 0.269 e. The van der Waals surface area contributed by atoms with E-state index in [2.05, 4.69) is 26.7 Å². The summed E-state index contributed by atoms with van der Waals surface area (Å²) in [5, 5.41) is 4.58. The number of hydrazine groups is 1. The lowest BCUT2D eigenvalue weighted by Gasteiger charge is -2.24.